The molecule has 0 spiro atoms. The summed E-state index contributed by atoms with van der Waals surface area (Å²) in [5, 5.41) is 14.0. The van der Waals surface area contributed by atoms with Crippen LogP contribution in [0.1, 0.15) is 12.0 Å². The summed E-state index contributed by atoms with van der Waals surface area (Å²) in [6, 6.07) is 16.5. The molecule has 1 N–H and O–H groups in total. The number of nitrogens with one attached hydrogen (secondary N) is 1. The van der Waals surface area contributed by atoms with Crippen LogP contribution in [0, 0.1) is 10.1 Å². The van der Waals surface area contributed by atoms with Gasteiger partial charge in [-0.25, -0.2) is 9.69 Å². The number of urea groups is 1. The average Bonchev–Trinajstić information content (AvgIpc) is 3.11. The first-order chi connectivity index (χ1) is 13.6. The summed E-state index contributed by atoms with van der Waals surface area (Å²) in [5.74, 6) is 0. The average molecular weight is 379 g/mol. The maximum absolute atomic E-state index is 13.1. The van der Waals surface area contributed by atoms with Gasteiger partial charge in [0.2, 0.25) is 0 Å². The van der Waals surface area contributed by atoms with E-state index in [4.69, 9.17) is 0 Å². The zero-order valence-electron chi connectivity index (χ0n) is 15.5. The van der Waals surface area contributed by atoms with Crippen molar-refractivity contribution in [2.24, 2.45) is 0 Å². The van der Waals surface area contributed by atoms with Gasteiger partial charge < -0.3 is 0 Å². The number of carbonyl (C=O) groups excluding carboxylic acids is 1. The van der Waals surface area contributed by atoms with Gasteiger partial charge >= 0.3 is 6.03 Å². The topological polar surface area (TPSA) is 75.5 Å². The molecule has 0 aromatic heterocycles. The predicted molar refractivity (Wildman–Crippen MR) is 108 cm³/mol. The summed E-state index contributed by atoms with van der Waals surface area (Å²) in [4.78, 5) is 26.0. The molecule has 2 aromatic rings. The van der Waals surface area contributed by atoms with E-state index in [1.165, 1.54) is 17.7 Å². The number of nitro groups is 1. The van der Waals surface area contributed by atoms with Gasteiger partial charge in [-0.15, -0.1) is 0 Å². The monoisotopic (exact) mass is 379 g/mol. The molecule has 1 fully saturated rings. The fraction of sp³-hybridized carbons (Fsp3) is 0.286. The maximum atomic E-state index is 13.1. The molecule has 2 unspecified atom stereocenters. The second kappa shape index (κ2) is 7.53. The molecule has 2 aliphatic heterocycles. The third-order valence-corrected chi connectivity index (χ3v) is 5.57. The van der Waals surface area contributed by atoms with E-state index in [0.717, 1.165) is 25.2 Å². The van der Waals surface area contributed by atoms with Gasteiger partial charge in [0, 0.05) is 37.4 Å². The van der Waals surface area contributed by atoms with Crippen molar-refractivity contribution < 1.29 is 9.72 Å². The number of nitrogens with zero attached hydrogens (tertiary/aromatic N) is 3. The molecule has 2 amide bonds. The number of carbonyl (C=O) groups is 1. The Morgan fingerprint density at radius 1 is 1.14 bits per heavy atom. The number of non-ortho nitro benzene ring substituents is 1. The van der Waals surface area contributed by atoms with E-state index in [9.17, 15) is 14.9 Å². The first-order valence-electron chi connectivity index (χ1n) is 9.47. The number of hydrogen-bond donors (Lipinski definition) is 1. The van der Waals surface area contributed by atoms with Gasteiger partial charge in [0.1, 0.15) is 12.2 Å². The van der Waals surface area contributed by atoms with Gasteiger partial charge in [0.25, 0.3) is 5.69 Å². The van der Waals surface area contributed by atoms with Crippen molar-refractivity contribution in [3.63, 3.8) is 0 Å². The zero-order valence-corrected chi connectivity index (χ0v) is 15.5. The lowest BCUT2D eigenvalue weighted by Crippen LogP contribution is -2.65. The molecule has 0 bridgehead atoms. The molecule has 7 nitrogen and oxygen atoms in total. The summed E-state index contributed by atoms with van der Waals surface area (Å²) in [6.07, 6.45) is 5.02. The predicted octanol–water partition coefficient (Wildman–Crippen LogP) is 3.41. The van der Waals surface area contributed by atoms with Crippen molar-refractivity contribution in [3.05, 3.63) is 82.4 Å². The van der Waals surface area contributed by atoms with Crippen molar-refractivity contribution in [1.82, 2.24) is 14.7 Å². The summed E-state index contributed by atoms with van der Waals surface area (Å²) in [5.41, 5.74) is 2.00. The van der Waals surface area contributed by atoms with Crippen LogP contribution < -0.4 is 9.80 Å². The number of hydrogen-bond acceptors (Lipinski definition) is 4. The Bertz CT molecular complexity index is 898. The van der Waals surface area contributed by atoms with Crippen LogP contribution in [0.3, 0.4) is 0 Å². The van der Waals surface area contributed by atoms with Gasteiger partial charge in [-0.3, -0.25) is 15.4 Å². The largest absolute Gasteiger partial charge is 0.423 e. The number of quaternary nitrogens is 1. The molecule has 2 aromatic carbocycles. The lowest BCUT2D eigenvalue weighted by atomic mass is 10.1. The highest BCUT2D eigenvalue weighted by molar-refractivity contribution is 5.90. The van der Waals surface area contributed by atoms with Crippen molar-refractivity contribution in [2.45, 2.75) is 19.1 Å². The lowest BCUT2D eigenvalue weighted by Gasteiger charge is -2.43. The highest BCUT2D eigenvalue weighted by Gasteiger charge is 2.52. The molecule has 2 heterocycles. The van der Waals surface area contributed by atoms with Gasteiger partial charge in [-0.1, -0.05) is 36.4 Å². The number of benzene rings is 2. The standard InChI is InChI=1S/C21H22N4O3/c26-21-22-13-15-25(21,19-11-9-18(10-12-19)24(27)28)20-8-4-5-14-23(20)16-17-6-2-1-3-7-17/h1-4,6-12,20H,5,13-16H2/p+1. The second-order valence-corrected chi connectivity index (χ2v) is 7.18. The maximum Gasteiger partial charge on any atom is 0.423 e. The van der Waals surface area contributed by atoms with Crippen molar-refractivity contribution in [1.29, 1.82) is 0 Å². The minimum atomic E-state index is -0.416. The quantitative estimate of drug-likeness (QED) is 0.374. The van der Waals surface area contributed by atoms with Crippen LogP contribution in [0.4, 0.5) is 16.2 Å². The van der Waals surface area contributed by atoms with Crippen LogP contribution in [-0.2, 0) is 6.54 Å². The minimum absolute atomic E-state index is 0.0295. The molecule has 0 radical (unpaired) electrons. The molecular weight excluding hydrogens is 356 g/mol. The summed E-state index contributed by atoms with van der Waals surface area (Å²) in [6.45, 7) is 2.79. The first-order valence-corrected chi connectivity index (χ1v) is 9.47. The van der Waals surface area contributed by atoms with Gasteiger partial charge in [-0.2, -0.15) is 4.48 Å². The molecule has 4 rings (SSSR count). The molecule has 0 aliphatic carbocycles. The number of nitro benzene ring substituents is 1. The minimum Gasteiger partial charge on any atom is -0.299 e. The van der Waals surface area contributed by atoms with Crippen LogP contribution in [0.15, 0.2) is 66.7 Å². The Hall–Kier alpha value is -3.03. The highest BCUT2D eigenvalue weighted by Crippen LogP contribution is 2.35. The van der Waals surface area contributed by atoms with E-state index < -0.39 is 4.92 Å². The van der Waals surface area contributed by atoms with Crippen LogP contribution in [0.25, 0.3) is 0 Å². The van der Waals surface area contributed by atoms with Crippen LogP contribution >= 0.6 is 0 Å². The zero-order chi connectivity index (χ0) is 19.6. The van der Waals surface area contributed by atoms with E-state index in [1.54, 1.807) is 12.1 Å². The first kappa shape index (κ1) is 18.3. The summed E-state index contributed by atoms with van der Waals surface area (Å²) in [7, 11) is 0. The van der Waals surface area contributed by atoms with Gasteiger partial charge in [-0.05, 0) is 18.1 Å². The Morgan fingerprint density at radius 3 is 2.54 bits per heavy atom. The van der Waals surface area contributed by atoms with E-state index in [0.29, 0.717) is 13.1 Å². The van der Waals surface area contributed by atoms with E-state index >= 15 is 0 Å². The Morgan fingerprint density at radius 2 is 1.89 bits per heavy atom. The molecule has 0 saturated carbocycles. The smallest absolute Gasteiger partial charge is 0.299 e. The van der Waals surface area contributed by atoms with Crippen LogP contribution in [0.5, 0.6) is 0 Å². The Balaban J connectivity index is 1.73. The van der Waals surface area contributed by atoms with Gasteiger partial charge in [0.15, 0.2) is 6.17 Å². The Kier molecular flexibility index (Phi) is 4.93. The second-order valence-electron chi connectivity index (χ2n) is 7.18. The SMILES string of the molecule is O=C1NCC[N+]1(c1ccc([N+](=O)[O-])cc1)C1C=CCCN1Cc1ccccc1. The van der Waals surface area contributed by atoms with Crippen molar-refractivity contribution >= 4 is 17.4 Å². The summed E-state index contributed by atoms with van der Waals surface area (Å²) < 4.78 is 0.112. The van der Waals surface area contributed by atoms with E-state index in [1.807, 2.05) is 18.2 Å². The number of amides is 2. The van der Waals surface area contributed by atoms with Crippen molar-refractivity contribution in [3.8, 4) is 0 Å². The molecule has 28 heavy (non-hydrogen) atoms. The molecule has 1 saturated heterocycles. The number of rotatable bonds is 5. The van der Waals surface area contributed by atoms with Gasteiger partial charge in [0.05, 0.1) is 11.5 Å². The van der Waals surface area contributed by atoms with Crippen LogP contribution in [-0.4, -0.2) is 41.7 Å². The van der Waals surface area contributed by atoms with E-state index in [2.05, 4.69) is 34.5 Å². The molecule has 2 aliphatic rings. The molecular formula is C21H23N4O3+. The lowest BCUT2D eigenvalue weighted by molar-refractivity contribution is -0.384. The molecule has 2 atom stereocenters. The van der Waals surface area contributed by atoms with E-state index in [-0.39, 0.29) is 22.4 Å². The molecule has 7 heteroatoms. The summed E-state index contributed by atoms with van der Waals surface area (Å²) >= 11 is 0. The molecule has 144 valence electrons. The Labute approximate surface area is 163 Å². The highest BCUT2D eigenvalue weighted by atomic mass is 16.6. The third kappa shape index (κ3) is 3.19. The van der Waals surface area contributed by atoms with Crippen LogP contribution in [0.2, 0.25) is 0 Å². The third-order valence-electron chi connectivity index (χ3n) is 5.57. The normalized spacial score (nSPS) is 24.9. The van der Waals surface area contributed by atoms with Crippen molar-refractivity contribution in [2.75, 3.05) is 19.6 Å². The fourth-order valence-electron chi connectivity index (χ4n) is 4.20. The fourth-order valence-corrected chi connectivity index (χ4v) is 4.20.